The third-order valence-electron chi connectivity index (χ3n) is 2.25. The van der Waals surface area contributed by atoms with Crippen molar-refractivity contribution in [2.75, 3.05) is 6.54 Å². The van der Waals surface area contributed by atoms with E-state index in [0.717, 1.165) is 6.54 Å². The van der Waals surface area contributed by atoms with Crippen LogP contribution in [0.3, 0.4) is 0 Å². The zero-order valence-corrected chi connectivity index (χ0v) is 11.0. The highest BCUT2D eigenvalue weighted by Gasteiger charge is 2.10. The highest BCUT2D eigenvalue weighted by atomic mass is 79.9. The van der Waals surface area contributed by atoms with Gasteiger partial charge in [0.25, 0.3) is 0 Å². The van der Waals surface area contributed by atoms with E-state index >= 15 is 0 Å². The van der Waals surface area contributed by atoms with Gasteiger partial charge in [0.05, 0.1) is 3.79 Å². The van der Waals surface area contributed by atoms with Crippen LogP contribution >= 0.6 is 27.3 Å². The summed E-state index contributed by atoms with van der Waals surface area (Å²) in [4.78, 5) is 0. The van der Waals surface area contributed by atoms with E-state index in [9.17, 15) is 0 Å². The average molecular weight is 277 g/mol. The molecule has 14 heavy (non-hydrogen) atoms. The second-order valence-electron chi connectivity index (χ2n) is 3.73. The van der Waals surface area contributed by atoms with Crippen LogP contribution in [0.5, 0.6) is 0 Å². The molecular formula is C10H17BrN2S. The molecule has 0 aliphatic carbocycles. The first-order valence-corrected chi connectivity index (χ1v) is 6.47. The van der Waals surface area contributed by atoms with Crippen molar-refractivity contribution in [2.45, 2.75) is 26.4 Å². The number of nitrogens with two attached hydrogens (primary N) is 1. The lowest BCUT2D eigenvalue weighted by Crippen LogP contribution is -2.39. The molecule has 1 rings (SSSR count). The van der Waals surface area contributed by atoms with Gasteiger partial charge in [-0.15, -0.1) is 11.3 Å². The maximum absolute atomic E-state index is 5.67. The van der Waals surface area contributed by atoms with Gasteiger partial charge in [-0.3, -0.25) is 0 Å². The summed E-state index contributed by atoms with van der Waals surface area (Å²) in [7, 11) is 0. The highest BCUT2D eigenvalue weighted by Crippen LogP contribution is 2.20. The molecule has 1 heterocycles. The number of rotatable bonds is 5. The first-order chi connectivity index (χ1) is 6.63. The number of hydrogen-bond acceptors (Lipinski definition) is 3. The van der Waals surface area contributed by atoms with Crippen molar-refractivity contribution in [2.24, 2.45) is 11.7 Å². The molecule has 0 aliphatic heterocycles. The number of hydrogen-bond donors (Lipinski definition) is 2. The molecule has 80 valence electrons. The number of nitrogens with one attached hydrogen (secondary N) is 1. The third kappa shape index (κ3) is 3.69. The lowest BCUT2D eigenvalue weighted by molar-refractivity contribution is 0.405. The van der Waals surface area contributed by atoms with E-state index in [-0.39, 0.29) is 0 Å². The molecule has 3 N–H and O–H groups in total. The van der Waals surface area contributed by atoms with Gasteiger partial charge in [0.2, 0.25) is 0 Å². The summed E-state index contributed by atoms with van der Waals surface area (Å²) in [6.07, 6.45) is 0. The van der Waals surface area contributed by atoms with Gasteiger partial charge in [-0.25, -0.2) is 0 Å². The zero-order chi connectivity index (χ0) is 10.6. The standard InChI is InChI=1S/C10H17BrN2S/c1-7(2)9(4-12)13-5-8-3-10(11)14-6-8/h3,6-7,9,13H,4-5,12H2,1-2H3. The predicted molar refractivity (Wildman–Crippen MR) is 66.5 cm³/mol. The molecule has 0 radical (unpaired) electrons. The van der Waals surface area contributed by atoms with Crippen LogP contribution in [0.1, 0.15) is 19.4 Å². The molecule has 1 aromatic rings. The molecule has 2 nitrogen and oxygen atoms in total. The van der Waals surface area contributed by atoms with Crippen LogP contribution < -0.4 is 11.1 Å². The van der Waals surface area contributed by atoms with Crippen LogP contribution in [0.15, 0.2) is 15.2 Å². The Labute approximate surface area is 98.0 Å². The maximum Gasteiger partial charge on any atom is 0.0701 e. The summed E-state index contributed by atoms with van der Waals surface area (Å²) >= 11 is 5.17. The minimum Gasteiger partial charge on any atom is -0.329 e. The fourth-order valence-electron chi connectivity index (χ4n) is 1.28. The Morgan fingerprint density at radius 1 is 1.57 bits per heavy atom. The number of thiophene rings is 1. The normalized spacial score (nSPS) is 13.5. The van der Waals surface area contributed by atoms with Gasteiger partial charge in [-0.05, 0) is 38.9 Å². The topological polar surface area (TPSA) is 38.0 Å². The fourth-order valence-corrected chi connectivity index (χ4v) is 2.49. The van der Waals surface area contributed by atoms with E-state index in [1.807, 2.05) is 0 Å². The zero-order valence-electron chi connectivity index (χ0n) is 8.59. The second-order valence-corrected chi connectivity index (χ2v) is 6.02. The van der Waals surface area contributed by atoms with Crippen LogP contribution in [-0.2, 0) is 6.54 Å². The SMILES string of the molecule is CC(C)C(CN)NCc1csc(Br)c1. The predicted octanol–water partition coefficient (Wildman–Crippen LogP) is 2.58. The van der Waals surface area contributed by atoms with Crippen molar-refractivity contribution in [3.8, 4) is 0 Å². The second kappa shape index (κ2) is 5.85. The van der Waals surface area contributed by atoms with Gasteiger partial charge >= 0.3 is 0 Å². The minimum absolute atomic E-state index is 0.411. The molecule has 0 spiro atoms. The summed E-state index contributed by atoms with van der Waals surface area (Å²) < 4.78 is 1.18. The van der Waals surface area contributed by atoms with Gasteiger partial charge in [0.15, 0.2) is 0 Å². The van der Waals surface area contributed by atoms with Gasteiger partial charge in [-0.2, -0.15) is 0 Å². The van der Waals surface area contributed by atoms with Crippen LogP contribution in [0.25, 0.3) is 0 Å². The molecule has 0 saturated heterocycles. The molecule has 0 bridgehead atoms. The van der Waals surface area contributed by atoms with Crippen LogP contribution in [0.4, 0.5) is 0 Å². The summed E-state index contributed by atoms with van der Waals surface area (Å²) in [5.41, 5.74) is 6.99. The Morgan fingerprint density at radius 2 is 2.29 bits per heavy atom. The largest absolute Gasteiger partial charge is 0.329 e. The molecule has 0 aliphatic rings. The summed E-state index contributed by atoms with van der Waals surface area (Å²) in [6, 6.07) is 2.56. The monoisotopic (exact) mass is 276 g/mol. The van der Waals surface area contributed by atoms with Gasteiger partial charge < -0.3 is 11.1 Å². The smallest absolute Gasteiger partial charge is 0.0701 e. The fraction of sp³-hybridized carbons (Fsp3) is 0.600. The Kier molecular flexibility index (Phi) is 5.09. The third-order valence-corrected chi connectivity index (χ3v) is 3.80. The van der Waals surface area contributed by atoms with E-state index in [1.54, 1.807) is 11.3 Å². The molecule has 1 aromatic heterocycles. The van der Waals surface area contributed by atoms with Crippen LogP contribution in [0, 0.1) is 5.92 Å². The average Bonchev–Trinajstić information content (AvgIpc) is 2.52. The van der Waals surface area contributed by atoms with Crippen molar-refractivity contribution in [1.29, 1.82) is 0 Å². The van der Waals surface area contributed by atoms with E-state index in [1.165, 1.54) is 9.35 Å². The van der Waals surface area contributed by atoms with Gasteiger partial charge in [0, 0.05) is 19.1 Å². The molecule has 1 atom stereocenters. The highest BCUT2D eigenvalue weighted by molar-refractivity contribution is 9.11. The van der Waals surface area contributed by atoms with E-state index < -0.39 is 0 Å². The molecule has 1 unspecified atom stereocenters. The molecular weight excluding hydrogens is 260 g/mol. The van der Waals surface area contributed by atoms with Gasteiger partial charge in [0.1, 0.15) is 0 Å². The van der Waals surface area contributed by atoms with Gasteiger partial charge in [-0.1, -0.05) is 13.8 Å². The Morgan fingerprint density at radius 3 is 2.71 bits per heavy atom. The van der Waals surface area contributed by atoms with Crippen molar-refractivity contribution >= 4 is 27.3 Å². The Bertz CT molecular complexity index is 273. The minimum atomic E-state index is 0.411. The molecule has 4 heteroatoms. The summed E-state index contributed by atoms with van der Waals surface area (Å²) in [5, 5.41) is 5.62. The quantitative estimate of drug-likeness (QED) is 0.868. The number of halogens is 1. The Hall–Kier alpha value is 0.100. The van der Waals surface area contributed by atoms with Crippen LogP contribution in [0.2, 0.25) is 0 Å². The molecule has 0 aromatic carbocycles. The summed E-state index contributed by atoms with van der Waals surface area (Å²) in [5.74, 6) is 0.585. The molecule has 0 fully saturated rings. The summed E-state index contributed by atoms with van der Waals surface area (Å²) in [6.45, 7) is 5.98. The van der Waals surface area contributed by atoms with Crippen molar-refractivity contribution in [3.05, 3.63) is 20.8 Å². The Balaban J connectivity index is 2.39. The van der Waals surface area contributed by atoms with E-state index in [0.29, 0.717) is 18.5 Å². The lowest BCUT2D eigenvalue weighted by atomic mass is 10.0. The van der Waals surface area contributed by atoms with E-state index in [2.05, 4.69) is 46.5 Å². The first-order valence-electron chi connectivity index (χ1n) is 4.80. The maximum atomic E-state index is 5.67. The molecule has 0 saturated carbocycles. The lowest BCUT2D eigenvalue weighted by Gasteiger charge is -2.20. The van der Waals surface area contributed by atoms with Crippen molar-refractivity contribution in [3.63, 3.8) is 0 Å². The van der Waals surface area contributed by atoms with E-state index in [4.69, 9.17) is 5.73 Å². The van der Waals surface area contributed by atoms with Crippen molar-refractivity contribution < 1.29 is 0 Å². The molecule has 0 amide bonds. The van der Waals surface area contributed by atoms with Crippen molar-refractivity contribution in [1.82, 2.24) is 5.32 Å². The van der Waals surface area contributed by atoms with Crippen LogP contribution in [-0.4, -0.2) is 12.6 Å². The first kappa shape index (κ1) is 12.2.